The molecule has 0 aliphatic heterocycles. The van der Waals surface area contributed by atoms with Crippen LogP contribution in [0.5, 0.6) is 0 Å². The number of benzene rings is 2. The second-order valence-corrected chi connectivity index (χ2v) is 12.2. The van der Waals surface area contributed by atoms with Crippen LogP contribution in [0.4, 0.5) is 10.5 Å². The van der Waals surface area contributed by atoms with Gasteiger partial charge in [0.2, 0.25) is 5.91 Å². The molecule has 0 saturated heterocycles. The van der Waals surface area contributed by atoms with Crippen molar-refractivity contribution in [1.82, 2.24) is 10.2 Å². The first-order chi connectivity index (χ1) is 19.4. The average Bonchev–Trinajstić information content (AvgIpc) is 2.91. The predicted octanol–water partition coefficient (Wildman–Crippen LogP) is 7.29. The van der Waals surface area contributed by atoms with E-state index in [0.29, 0.717) is 24.3 Å². The van der Waals surface area contributed by atoms with Gasteiger partial charge in [0.1, 0.15) is 17.7 Å². The van der Waals surface area contributed by atoms with Gasteiger partial charge < -0.3 is 20.3 Å². The van der Waals surface area contributed by atoms with Crippen LogP contribution in [-0.4, -0.2) is 53.0 Å². The van der Waals surface area contributed by atoms with Crippen LogP contribution >= 0.6 is 11.8 Å². The number of rotatable bonds is 14. The molecular formula is C33H47N3O4S. The van der Waals surface area contributed by atoms with Crippen LogP contribution in [0.15, 0.2) is 49.0 Å². The Balaban J connectivity index is 2.60. The maximum absolute atomic E-state index is 14.4. The second-order valence-electron chi connectivity index (χ2n) is 11.3. The summed E-state index contributed by atoms with van der Waals surface area (Å²) in [6.07, 6.45) is 6.00. The van der Waals surface area contributed by atoms with Crippen molar-refractivity contribution >= 4 is 41.4 Å². The Morgan fingerprint density at radius 2 is 1.73 bits per heavy atom. The van der Waals surface area contributed by atoms with Crippen molar-refractivity contribution in [3.8, 4) is 0 Å². The highest BCUT2D eigenvalue weighted by Gasteiger charge is 2.36. The highest BCUT2D eigenvalue weighted by molar-refractivity contribution is 7.98. The Labute approximate surface area is 250 Å². The molecule has 0 aliphatic carbocycles. The van der Waals surface area contributed by atoms with Gasteiger partial charge in [0.25, 0.3) is 5.91 Å². The minimum absolute atomic E-state index is 0.311. The molecule has 7 nitrogen and oxygen atoms in total. The summed E-state index contributed by atoms with van der Waals surface area (Å²) in [5.41, 5.74) is 3.41. The number of amides is 3. The molecule has 2 unspecified atom stereocenters. The smallest absolute Gasteiger partial charge is 0.408 e. The molecule has 0 saturated carbocycles. The summed E-state index contributed by atoms with van der Waals surface area (Å²) in [7, 11) is 0. The van der Waals surface area contributed by atoms with Crippen LogP contribution in [0.3, 0.4) is 0 Å². The van der Waals surface area contributed by atoms with Gasteiger partial charge in [0, 0.05) is 12.2 Å². The van der Waals surface area contributed by atoms with Crippen molar-refractivity contribution in [3.63, 3.8) is 0 Å². The van der Waals surface area contributed by atoms with Crippen molar-refractivity contribution in [2.45, 2.75) is 84.9 Å². The quantitative estimate of drug-likeness (QED) is 0.229. The maximum atomic E-state index is 14.4. The van der Waals surface area contributed by atoms with Gasteiger partial charge in [-0.25, -0.2) is 4.79 Å². The molecule has 2 aromatic carbocycles. The molecule has 2 rings (SSSR count). The molecule has 0 radical (unpaired) electrons. The zero-order chi connectivity index (χ0) is 30.6. The van der Waals surface area contributed by atoms with E-state index < -0.39 is 23.8 Å². The van der Waals surface area contributed by atoms with Crippen LogP contribution in [0, 0.1) is 13.8 Å². The number of anilines is 1. The lowest BCUT2D eigenvalue weighted by Crippen LogP contribution is -2.52. The number of nitrogens with one attached hydrogen (secondary N) is 2. The summed E-state index contributed by atoms with van der Waals surface area (Å²) in [5.74, 6) is 0.0289. The minimum Gasteiger partial charge on any atom is -0.444 e. The molecule has 0 aromatic heterocycles. The molecule has 0 heterocycles. The summed E-state index contributed by atoms with van der Waals surface area (Å²) >= 11 is 1.59. The van der Waals surface area contributed by atoms with Crippen LogP contribution < -0.4 is 10.6 Å². The molecule has 0 fully saturated rings. The molecule has 0 aliphatic rings. The monoisotopic (exact) mass is 581 g/mol. The number of hydrogen-bond donors (Lipinski definition) is 2. The van der Waals surface area contributed by atoms with Gasteiger partial charge in [0.15, 0.2) is 0 Å². The Morgan fingerprint density at radius 3 is 2.32 bits per heavy atom. The van der Waals surface area contributed by atoms with Crippen LogP contribution in [0.2, 0.25) is 0 Å². The topological polar surface area (TPSA) is 87.7 Å². The van der Waals surface area contributed by atoms with Gasteiger partial charge in [-0.1, -0.05) is 68.8 Å². The number of thioether (sulfide) groups is 1. The van der Waals surface area contributed by atoms with E-state index in [1.807, 2.05) is 62.6 Å². The first kappa shape index (κ1) is 33.9. The fraction of sp³-hybridized carbons (Fsp3) is 0.485. The number of para-hydroxylation sites is 1. The lowest BCUT2D eigenvalue weighted by Gasteiger charge is -2.35. The molecule has 0 bridgehead atoms. The van der Waals surface area contributed by atoms with Crippen LogP contribution in [0.25, 0.3) is 6.08 Å². The van der Waals surface area contributed by atoms with Crippen LogP contribution in [0.1, 0.15) is 81.7 Å². The predicted molar refractivity (Wildman–Crippen MR) is 171 cm³/mol. The number of hydrogen-bond acceptors (Lipinski definition) is 5. The number of carbonyl (C=O) groups is 3. The Morgan fingerprint density at radius 1 is 1.07 bits per heavy atom. The van der Waals surface area contributed by atoms with Crippen LogP contribution in [-0.2, 0) is 14.3 Å². The summed E-state index contributed by atoms with van der Waals surface area (Å²) < 4.78 is 5.49. The van der Waals surface area contributed by atoms with Crippen molar-refractivity contribution in [2.75, 3.05) is 23.9 Å². The normalized spacial score (nSPS) is 12.7. The third-order valence-electron chi connectivity index (χ3n) is 6.64. The average molecular weight is 582 g/mol. The molecule has 2 atom stereocenters. The molecule has 2 aromatic rings. The lowest BCUT2D eigenvalue weighted by atomic mass is 9.99. The van der Waals surface area contributed by atoms with E-state index in [-0.39, 0.29) is 11.8 Å². The van der Waals surface area contributed by atoms with E-state index in [4.69, 9.17) is 4.74 Å². The van der Waals surface area contributed by atoms with Crippen molar-refractivity contribution in [1.29, 1.82) is 0 Å². The zero-order valence-corrected chi connectivity index (χ0v) is 26.5. The molecule has 0 spiro atoms. The summed E-state index contributed by atoms with van der Waals surface area (Å²) in [6, 6.07) is 11.6. The Kier molecular flexibility index (Phi) is 13.5. The third-order valence-corrected chi connectivity index (χ3v) is 7.28. The SMILES string of the molecule is C=Cc1cccc(C(C(=O)Nc2c(C)cccc2C)N(CCCCC)C(=O)C(CCSC)NC(=O)OC(C)(C)C)c1. The van der Waals surface area contributed by atoms with E-state index >= 15 is 0 Å². The van der Waals surface area contributed by atoms with E-state index in [0.717, 1.165) is 41.6 Å². The Hall–Kier alpha value is -3.26. The molecule has 3 amide bonds. The first-order valence-corrected chi connectivity index (χ1v) is 15.7. The number of aryl methyl sites for hydroxylation is 2. The van der Waals surface area contributed by atoms with E-state index in [9.17, 15) is 14.4 Å². The maximum Gasteiger partial charge on any atom is 0.408 e. The first-order valence-electron chi connectivity index (χ1n) is 14.3. The summed E-state index contributed by atoms with van der Waals surface area (Å²) in [4.78, 5) is 43.0. The van der Waals surface area contributed by atoms with Crippen molar-refractivity contribution in [3.05, 3.63) is 71.3 Å². The van der Waals surface area contributed by atoms with E-state index in [1.165, 1.54) is 0 Å². The van der Waals surface area contributed by atoms with Crippen molar-refractivity contribution < 1.29 is 19.1 Å². The highest BCUT2D eigenvalue weighted by atomic mass is 32.2. The molecule has 2 N–H and O–H groups in total. The number of carbonyl (C=O) groups excluding carboxylic acids is 3. The fourth-order valence-electron chi connectivity index (χ4n) is 4.57. The van der Waals surface area contributed by atoms with E-state index in [1.54, 1.807) is 43.5 Å². The largest absolute Gasteiger partial charge is 0.444 e. The molecule has 41 heavy (non-hydrogen) atoms. The molecule has 8 heteroatoms. The van der Waals surface area contributed by atoms with Gasteiger partial charge in [-0.15, -0.1) is 0 Å². The van der Waals surface area contributed by atoms with Gasteiger partial charge in [0.05, 0.1) is 0 Å². The molecule has 224 valence electrons. The van der Waals surface area contributed by atoms with Gasteiger partial charge in [-0.2, -0.15) is 11.8 Å². The second kappa shape index (κ2) is 16.2. The van der Waals surface area contributed by atoms with Gasteiger partial charge in [-0.3, -0.25) is 9.59 Å². The number of unbranched alkanes of at least 4 members (excludes halogenated alkanes) is 2. The van der Waals surface area contributed by atoms with Gasteiger partial charge >= 0.3 is 6.09 Å². The zero-order valence-electron chi connectivity index (χ0n) is 25.7. The fourth-order valence-corrected chi connectivity index (χ4v) is 5.05. The highest BCUT2D eigenvalue weighted by Crippen LogP contribution is 2.28. The summed E-state index contributed by atoms with van der Waals surface area (Å²) in [5, 5.41) is 5.92. The Bertz CT molecular complexity index is 1170. The van der Waals surface area contributed by atoms with Crippen molar-refractivity contribution in [2.24, 2.45) is 0 Å². The third kappa shape index (κ3) is 10.6. The number of alkyl carbamates (subject to hydrolysis) is 1. The lowest BCUT2D eigenvalue weighted by molar-refractivity contribution is -0.141. The number of ether oxygens (including phenoxy) is 1. The standard InChI is InChI=1S/C33H47N3O4S/c1-9-11-12-20-36(31(38)27(19-21-41-8)34-32(39)40-33(5,6)7)29(26-18-14-17-25(10-2)22-26)30(37)35-28-23(3)15-13-16-24(28)4/h10,13-18,22,27,29H,2,9,11-12,19-21H2,1,3-8H3,(H,34,39)(H,35,37). The summed E-state index contributed by atoms with van der Waals surface area (Å²) in [6.45, 7) is 15.6. The number of nitrogens with zero attached hydrogens (tertiary/aromatic N) is 1. The van der Waals surface area contributed by atoms with Gasteiger partial charge in [-0.05, 0) is 87.8 Å². The van der Waals surface area contributed by atoms with E-state index in [2.05, 4.69) is 24.1 Å². The molecular weight excluding hydrogens is 534 g/mol. The minimum atomic E-state index is -0.921.